The van der Waals surface area contributed by atoms with Crippen LogP contribution in [-0.2, 0) is 21.4 Å². The molecule has 0 spiro atoms. The summed E-state index contributed by atoms with van der Waals surface area (Å²) >= 11 is 0. The van der Waals surface area contributed by atoms with E-state index in [1.54, 1.807) is 38.1 Å². The predicted molar refractivity (Wildman–Crippen MR) is 124 cm³/mol. The summed E-state index contributed by atoms with van der Waals surface area (Å²) in [5, 5.41) is 5.34. The number of piperidine rings is 1. The molecule has 0 bridgehead atoms. The molecule has 0 aliphatic carbocycles. The molecule has 1 saturated heterocycles. The van der Waals surface area contributed by atoms with Gasteiger partial charge in [0.05, 0.1) is 5.25 Å². The fourth-order valence-corrected chi connectivity index (χ4v) is 5.18. The van der Waals surface area contributed by atoms with E-state index in [9.17, 15) is 18.0 Å². The van der Waals surface area contributed by atoms with Gasteiger partial charge in [0, 0.05) is 25.2 Å². The normalized spacial score (nSPS) is 16.5. The van der Waals surface area contributed by atoms with E-state index in [0.29, 0.717) is 38.0 Å². The van der Waals surface area contributed by atoms with Gasteiger partial charge >= 0.3 is 0 Å². The lowest BCUT2D eigenvalue weighted by atomic mass is 9.89. The average Bonchev–Trinajstić information content (AvgIpc) is 2.82. The van der Waals surface area contributed by atoms with Crippen molar-refractivity contribution < 1.29 is 18.0 Å². The van der Waals surface area contributed by atoms with Crippen molar-refractivity contribution in [3.05, 3.63) is 71.8 Å². The number of nitrogens with zero attached hydrogens (tertiary/aromatic N) is 1. The van der Waals surface area contributed by atoms with E-state index in [0.717, 1.165) is 5.56 Å². The van der Waals surface area contributed by atoms with Gasteiger partial charge < -0.3 is 10.6 Å². The number of carbonyl (C=O) groups is 2. The lowest BCUT2D eigenvalue weighted by Gasteiger charge is -2.35. The van der Waals surface area contributed by atoms with Crippen molar-refractivity contribution in [2.45, 2.75) is 44.5 Å². The molecule has 2 aromatic carbocycles. The van der Waals surface area contributed by atoms with Gasteiger partial charge in [0.2, 0.25) is 15.9 Å². The topological polar surface area (TPSA) is 95.6 Å². The minimum Gasteiger partial charge on any atom is -0.350 e. The summed E-state index contributed by atoms with van der Waals surface area (Å²) in [6, 6.07) is 17.6. The molecule has 1 unspecified atom stereocenters. The average molecular weight is 458 g/mol. The highest BCUT2D eigenvalue weighted by atomic mass is 32.2. The molecular formula is C24H31N3O4S. The molecule has 1 aliphatic rings. The monoisotopic (exact) mass is 457 g/mol. The second kappa shape index (κ2) is 10.7. The second-order valence-corrected chi connectivity index (χ2v) is 10.8. The number of nitrogens with one attached hydrogen (secondary N) is 2. The highest BCUT2D eigenvalue weighted by molar-refractivity contribution is 7.89. The van der Waals surface area contributed by atoms with Crippen LogP contribution in [0.15, 0.2) is 60.7 Å². The van der Waals surface area contributed by atoms with E-state index >= 15 is 0 Å². The van der Waals surface area contributed by atoms with E-state index in [1.807, 2.05) is 36.4 Å². The molecule has 0 aromatic heterocycles. The largest absolute Gasteiger partial charge is 0.350 e. The third-order valence-electron chi connectivity index (χ3n) is 5.84. The summed E-state index contributed by atoms with van der Waals surface area (Å²) in [5.41, 5.74) is 1.44. The molecule has 2 aromatic rings. The van der Waals surface area contributed by atoms with Crippen LogP contribution < -0.4 is 10.6 Å². The van der Waals surface area contributed by atoms with E-state index in [1.165, 1.54) is 4.31 Å². The molecule has 1 fully saturated rings. The zero-order valence-corrected chi connectivity index (χ0v) is 19.3. The smallest absolute Gasteiger partial charge is 0.251 e. The molecule has 8 heteroatoms. The van der Waals surface area contributed by atoms with Crippen LogP contribution >= 0.6 is 0 Å². The summed E-state index contributed by atoms with van der Waals surface area (Å²) in [5.74, 6) is -0.733. The molecule has 3 rings (SSSR count). The molecule has 1 heterocycles. The third-order valence-corrected chi connectivity index (χ3v) is 8.12. The molecule has 172 valence electrons. The number of hydrogen-bond acceptors (Lipinski definition) is 4. The first-order chi connectivity index (χ1) is 15.3. The summed E-state index contributed by atoms with van der Waals surface area (Å²) in [6.07, 6.45) is 1.01. The Kier molecular flexibility index (Phi) is 8.04. The SMILES string of the molecule is CC(C)S(=O)(=O)N1CCC(C(NC(=O)c2ccccc2)C(=O)NCc2ccccc2)CC1. The molecule has 7 nitrogen and oxygen atoms in total. The van der Waals surface area contributed by atoms with Crippen LogP contribution in [0, 0.1) is 5.92 Å². The fourth-order valence-electron chi connectivity index (χ4n) is 3.87. The lowest BCUT2D eigenvalue weighted by molar-refractivity contribution is -0.124. The van der Waals surface area contributed by atoms with Crippen molar-refractivity contribution in [2.75, 3.05) is 13.1 Å². The van der Waals surface area contributed by atoms with E-state index in [2.05, 4.69) is 10.6 Å². The van der Waals surface area contributed by atoms with Crippen LogP contribution in [0.25, 0.3) is 0 Å². The van der Waals surface area contributed by atoms with Gasteiger partial charge in [-0.15, -0.1) is 0 Å². The molecule has 32 heavy (non-hydrogen) atoms. The first kappa shape index (κ1) is 23.9. The van der Waals surface area contributed by atoms with E-state index in [-0.39, 0.29) is 17.7 Å². The predicted octanol–water partition coefficient (Wildman–Crippen LogP) is 2.55. The first-order valence-corrected chi connectivity index (χ1v) is 12.5. The maximum absolute atomic E-state index is 13.1. The standard InChI is InChI=1S/C24H31N3O4S/c1-18(2)32(30,31)27-15-13-20(14-16-27)22(26-23(28)21-11-7-4-8-12-21)24(29)25-17-19-9-5-3-6-10-19/h3-12,18,20,22H,13-17H2,1-2H3,(H,25,29)(H,26,28). The fraction of sp³-hybridized carbons (Fsp3) is 0.417. The zero-order valence-electron chi connectivity index (χ0n) is 18.5. The number of amides is 2. The van der Waals surface area contributed by atoms with Crippen LogP contribution in [0.2, 0.25) is 0 Å². The maximum atomic E-state index is 13.1. The van der Waals surface area contributed by atoms with Crippen LogP contribution in [0.4, 0.5) is 0 Å². The number of carbonyl (C=O) groups excluding carboxylic acids is 2. The van der Waals surface area contributed by atoms with Crippen molar-refractivity contribution in [3.63, 3.8) is 0 Å². The van der Waals surface area contributed by atoms with Gasteiger partial charge in [-0.05, 0) is 50.3 Å². The molecule has 1 atom stereocenters. The Hall–Kier alpha value is -2.71. The molecule has 2 amide bonds. The quantitative estimate of drug-likeness (QED) is 0.637. The first-order valence-electron chi connectivity index (χ1n) is 11.0. The summed E-state index contributed by atoms with van der Waals surface area (Å²) < 4.78 is 26.5. The van der Waals surface area contributed by atoms with Crippen molar-refractivity contribution in [1.29, 1.82) is 0 Å². The van der Waals surface area contributed by atoms with Gasteiger partial charge in [-0.1, -0.05) is 48.5 Å². The molecular weight excluding hydrogens is 426 g/mol. The van der Waals surface area contributed by atoms with Gasteiger partial charge in [-0.2, -0.15) is 0 Å². The molecule has 2 N–H and O–H groups in total. The van der Waals surface area contributed by atoms with Crippen molar-refractivity contribution >= 4 is 21.8 Å². The lowest BCUT2D eigenvalue weighted by Crippen LogP contribution is -2.54. The van der Waals surface area contributed by atoms with Gasteiger partial charge in [-0.25, -0.2) is 12.7 Å². The Bertz CT molecular complexity index is 1000. The second-order valence-electron chi connectivity index (χ2n) is 8.35. The van der Waals surface area contributed by atoms with Crippen LogP contribution in [0.5, 0.6) is 0 Å². The highest BCUT2D eigenvalue weighted by Crippen LogP contribution is 2.25. The highest BCUT2D eigenvalue weighted by Gasteiger charge is 2.36. The molecule has 0 saturated carbocycles. The summed E-state index contributed by atoms with van der Waals surface area (Å²) in [4.78, 5) is 25.9. The van der Waals surface area contributed by atoms with Gasteiger partial charge in [0.1, 0.15) is 6.04 Å². The summed E-state index contributed by atoms with van der Waals surface area (Å²) in [6.45, 7) is 4.38. The van der Waals surface area contributed by atoms with Crippen molar-refractivity contribution in [3.8, 4) is 0 Å². The van der Waals surface area contributed by atoms with Crippen LogP contribution in [0.3, 0.4) is 0 Å². The number of rotatable bonds is 8. The van der Waals surface area contributed by atoms with Crippen LogP contribution in [0.1, 0.15) is 42.6 Å². The maximum Gasteiger partial charge on any atom is 0.251 e. The Labute approximate surface area is 190 Å². The minimum absolute atomic E-state index is 0.156. The Morgan fingerprint density at radius 1 is 0.969 bits per heavy atom. The van der Waals surface area contributed by atoms with Crippen LogP contribution in [-0.4, -0.2) is 48.9 Å². The third kappa shape index (κ3) is 5.95. The number of hydrogen-bond donors (Lipinski definition) is 2. The van der Waals surface area contributed by atoms with Crippen molar-refractivity contribution in [1.82, 2.24) is 14.9 Å². The van der Waals surface area contributed by atoms with Gasteiger partial charge in [0.15, 0.2) is 0 Å². The minimum atomic E-state index is -3.34. The Morgan fingerprint density at radius 2 is 1.53 bits per heavy atom. The Balaban J connectivity index is 1.71. The number of benzene rings is 2. The molecule has 0 radical (unpaired) electrons. The van der Waals surface area contributed by atoms with Gasteiger partial charge in [0.25, 0.3) is 5.91 Å². The zero-order chi connectivity index (χ0) is 23.1. The number of sulfonamides is 1. The van der Waals surface area contributed by atoms with Gasteiger partial charge in [-0.3, -0.25) is 9.59 Å². The summed E-state index contributed by atoms with van der Waals surface area (Å²) in [7, 11) is -3.34. The van der Waals surface area contributed by atoms with Crippen molar-refractivity contribution in [2.24, 2.45) is 5.92 Å². The molecule has 1 aliphatic heterocycles. The van der Waals surface area contributed by atoms with E-state index in [4.69, 9.17) is 0 Å². The van der Waals surface area contributed by atoms with E-state index < -0.39 is 21.3 Å². The Morgan fingerprint density at radius 3 is 2.09 bits per heavy atom.